The normalized spacial score (nSPS) is 10.6. The van der Waals surface area contributed by atoms with Crippen molar-refractivity contribution < 1.29 is 0 Å². The predicted octanol–water partition coefficient (Wildman–Crippen LogP) is 5.48. The molecule has 3 rings (SSSR count). The number of nitrogens with zero attached hydrogens (tertiary/aromatic N) is 1. The lowest BCUT2D eigenvalue weighted by Crippen LogP contribution is -1.90. The van der Waals surface area contributed by atoms with Crippen LogP contribution in [-0.4, -0.2) is 4.98 Å². The van der Waals surface area contributed by atoms with E-state index in [1.54, 1.807) is 11.3 Å². The van der Waals surface area contributed by atoms with Crippen LogP contribution in [0.25, 0.3) is 11.3 Å². The minimum atomic E-state index is 0.939. The van der Waals surface area contributed by atoms with Crippen LogP contribution in [0.4, 0.5) is 10.8 Å². The topological polar surface area (TPSA) is 24.9 Å². The van der Waals surface area contributed by atoms with E-state index in [9.17, 15) is 0 Å². The third kappa shape index (κ3) is 2.98. The zero-order valence-electron chi connectivity index (χ0n) is 12.5. The average molecular weight is 294 g/mol. The number of hydrogen-bond donors (Lipinski definition) is 1. The molecule has 1 heterocycles. The van der Waals surface area contributed by atoms with E-state index >= 15 is 0 Å². The van der Waals surface area contributed by atoms with Crippen LogP contribution in [0.1, 0.15) is 16.0 Å². The van der Waals surface area contributed by atoms with Crippen LogP contribution < -0.4 is 5.32 Å². The van der Waals surface area contributed by atoms with E-state index in [4.69, 9.17) is 4.98 Å². The Bertz CT molecular complexity index is 760. The summed E-state index contributed by atoms with van der Waals surface area (Å²) in [6.45, 7) is 6.39. The molecule has 0 aliphatic carbocycles. The Kier molecular flexibility index (Phi) is 3.76. The minimum absolute atomic E-state index is 0.939. The van der Waals surface area contributed by atoms with Crippen molar-refractivity contribution in [3.63, 3.8) is 0 Å². The second-order valence-electron chi connectivity index (χ2n) is 5.23. The molecular weight excluding hydrogens is 276 g/mol. The molecular formula is C18H18N2S. The molecule has 106 valence electrons. The van der Waals surface area contributed by atoms with Crippen molar-refractivity contribution in [3.05, 3.63) is 64.5 Å². The van der Waals surface area contributed by atoms with Crippen LogP contribution in [0.15, 0.2) is 48.5 Å². The van der Waals surface area contributed by atoms with Crippen LogP contribution in [0.2, 0.25) is 0 Å². The Balaban J connectivity index is 1.96. The molecule has 0 atom stereocenters. The van der Waals surface area contributed by atoms with E-state index in [0.29, 0.717) is 0 Å². The van der Waals surface area contributed by atoms with Gasteiger partial charge >= 0.3 is 0 Å². The molecule has 0 saturated heterocycles. The summed E-state index contributed by atoms with van der Waals surface area (Å²) in [5.74, 6) is 0. The highest BCUT2D eigenvalue weighted by Gasteiger charge is 2.12. The van der Waals surface area contributed by atoms with Gasteiger partial charge < -0.3 is 5.32 Å². The van der Waals surface area contributed by atoms with Gasteiger partial charge in [0.2, 0.25) is 0 Å². The molecule has 0 spiro atoms. The smallest absolute Gasteiger partial charge is 0.187 e. The van der Waals surface area contributed by atoms with Gasteiger partial charge in [0.05, 0.1) is 5.69 Å². The fourth-order valence-electron chi connectivity index (χ4n) is 2.34. The van der Waals surface area contributed by atoms with E-state index in [-0.39, 0.29) is 0 Å². The van der Waals surface area contributed by atoms with Gasteiger partial charge in [-0.15, -0.1) is 11.3 Å². The molecule has 2 aromatic carbocycles. The van der Waals surface area contributed by atoms with Crippen molar-refractivity contribution in [3.8, 4) is 11.3 Å². The van der Waals surface area contributed by atoms with E-state index in [1.807, 2.05) is 30.3 Å². The number of anilines is 2. The number of benzene rings is 2. The van der Waals surface area contributed by atoms with Gasteiger partial charge in [0, 0.05) is 16.1 Å². The molecule has 3 aromatic rings. The fraction of sp³-hybridized carbons (Fsp3) is 0.167. The van der Waals surface area contributed by atoms with Crippen molar-refractivity contribution in [2.24, 2.45) is 0 Å². The largest absolute Gasteiger partial charge is 0.332 e. The Morgan fingerprint density at radius 1 is 0.952 bits per heavy atom. The summed E-state index contributed by atoms with van der Waals surface area (Å²) in [4.78, 5) is 6.02. The van der Waals surface area contributed by atoms with Gasteiger partial charge in [-0.2, -0.15) is 0 Å². The summed E-state index contributed by atoms with van der Waals surface area (Å²) < 4.78 is 0. The number of thiazole rings is 1. The Labute approximate surface area is 129 Å². The summed E-state index contributed by atoms with van der Waals surface area (Å²) in [6, 6.07) is 16.7. The van der Waals surface area contributed by atoms with Crippen LogP contribution >= 0.6 is 11.3 Å². The predicted molar refractivity (Wildman–Crippen MR) is 91.5 cm³/mol. The lowest BCUT2D eigenvalue weighted by molar-refractivity contribution is 1.31. The first-order valence-electron chi connectivity index (χ1n) is 7.00. The fourth-order valence-corrected chi connectivity index (χ4v) is 3.18. The first kappa shape index (κ1) is 13.8. The van der Waals surface area contributed by atoms with Crippen molar-refractivity contribution >= 4 is 22.2 Å². The molecule has 0 bridgehead atoms. The highest BCUT2D eigenvalue weighted by Crippen LogP contribution is 2.33. The number of hydrogen-bond acceptors (Lipinski definition) is 3. The number of para-hydroxylation sites is 1. The standard InChI is InChI=1S/C18H18N2S/c1-12-9-10-13(2)16(11-12)17-14(3)21-18(20-17)19-15-7-5-4-6-8-15/h4-11H,1-3H3,(H,19,20). The first-order chi connectivity index (χ1) is 10.1. The minimum Gasteiger partial charge on any atom is -0.332 e. The van der Waals surface area contributed by atoms with Crippen molar-refractivity contribution in [2.45, 2.75) is 20.8 Å². The molecule has 0 unspecified atom stereocenters. The van der Waals surface area contributed by atoms with E-state index in [0.717, 1.165) is 16.5 Å². The van der Waals surface area contributed by atoms with Gasteiger partial charge in [0.1, 0.15) is 0 Å². The van der Waals surface area contributed by atoms with Crippen LogP contribution in [-0.2, 0) is 0 Å². The molecule has 2 nitrogen and oxygen atoms in total. The second-order valence-corrected chi connectivity index (χ2v) is 6.44. The lowest BCUT2D eigenvalue weighted by atomic mass is 10.0. The molecule has 0 saturated carbocycles. The lowest BCUT2D eigenvalue weighted by Gasteiger charge is -2.05. The molecule has 1 N–H and O–H groups in total. The summed E-state index contributed by atoms with van der Waals surface area (Å²) in [5, 5.41) is 4.32. The molecule has 21 heavy (non-hydrogen) atoms. The van der Waals surface area contributed by atoms with Crippen molar-refractivity contribution in [1.29, 1.82) is 0 Å². The Hall–Kier alpha value is -2.13. The van der Waals surface area contributed by atoms with Gasteiger partial charge in [-0.3, -0.25) is 0 Å². The van der Waals surface area contributed by atoms with E-state index in [2.05, 4.69) is 44.3 Å². The highest BCUT2D eigenvalue weighted by molar-refractivity contribution is 7.16. The molecule has 1 aromatic heterocycles. The Morgan fingerprint density at radius 2 is 1.71 bits per heavy atom. The maximum atomic E-state index is 4.78. The summed E-state index contributed by atoms with van der Waals surface area (Å²) in [6.07, 6.45) is 0. The molecule has 0 fully saturated rings. The van der Waals surface area contributed by atoms with Crippen molar-refractivity contribution in [1.82, 2.24) is 4.98 Å². The number of aromatic nitrogens is 1. The first-order valence-corrected chi connectivity index (χ1v) is 7.82. The third-order valence-corrected chi connectivity index (χ3v) is 4.36. The quantitative estimate of drug-likeness (QED) is 0.692. The average Bonchev–Trinajstić information content (AvgIpc) is 2.83. The summed E-state index contributed by atoms with van der Waals surface area (Å²) >= 11 is 1.70. The maximum absolute atomic E-state index is 4.78. The van der Waals surface area contributed by atoms with Gasteiger partial charge in [0.25, 0.3) is 0 Å². The summed E-state index contributed by atoms with van der Waals surface area (Å²) in [5.41, 5.74) is 5.91. The van der Waals surface area contributed by atoms with E-state index in [1.165, 1.54) is 21.6 Å². The van der Waals surface area contributed by atoms with Crippen molar-refractivity contribution in [2.75, 3.05) is 5.32 Å². The molecule has 0 amide bonds. The van der Waals surface area contributed by atoms with Gasteiger partial charge in [-0.05, 0) is 44.5 Å². The van der Waals surface area contributed by atoms with Crippen LogP contribution in [0.3, 0.4) is 0 Å². The van der Waals surface area contributed by atoms with Crippen LogP contribution in [0.5, 0.6) is 0 Å². The number of nitrogens with one attached hydrogen (secondary N) is 1. The van der Waals surface area contributed by atoms with Crippen LogP contribution in [0, 0.1) is 20.8 Å². The number of aryl methyl sites for hydroxylation is 3. The van der Waals surface area contributed by atoms with Gasteiger partial charge in [-0.1, -0.05) is 35.9 Å². The third-order valence-electron chi connectivity index (χ3n) is 3.47. The second kappa shape index (κ2) is 5.70. The monoisotopic (exact) mass is 294 g/mol. The molecule has 3 heteroatoms. The molecule has 0 aliphatic heterocycles. The van der Waals surface area contributed by atoms with Gasteiger partial charge in [0.15, 0.2) is 5.13 Å². The molecule has 0 aliphatic rings. The van der Waals surface area contributed by atoms with Gasteiger partial charge in [-0.25, -0.2) is 4.98 Å². The molecule has 0 radical (unpaired) electrons. The zero-order chi connectivity index (χ0) is 14.8. The summed E-state index contributed by atoms with van der Waals surface area (Å²) in [7, 11) is 0. The van der Waals surface area contributed by atoms with E-state index < -0.39 is 0 Å². The zero-order valence-corrected chi connectivity index (χ0v) is 13.3. The SMILES string of the molecule is Cc1ccc(C)c(-c2nc(Nc3ccccc3)sc2C)c1. The maximum Gasteiger partial charge on any atom is 0.187 e. The number of rotatable bonds is 3. The highest BCUT2D eigenvalue weighted by atomic mass is 32.1. The Morgan fingerprint density at radius 3 is 2.48 bits per heavy atom.